The number of hydrogen-bond donors (Lipinski definition) is 1. The summed E-state index contributed by atoms with van der Waals surface area (Å²) in [4.78, 5) is 3.64. The number of aryl methyl sites for hydroxylation is 1. The molecule has 0 spiro atoms. The van der Waals surface area contributed by atoms with Crippen LogP contribution < -0.4 is 0 Å². The summed E-state index contributed by atoms with van der Waals surface area (Å²) in [6, 6.07) is 8.69. The Morgan fingerprint density at radius 3 is 2.61 bits per heavy atom. The number of fused-ring (bicyclic) bond motifs is 1. The Labute approximate surface area is 113 Å². The van der Waals surface area contributed by atoms with Gasteiger partial charge in [0.25, 0.3) is 0 Å². The summed E-state index contributed by atoms with van der Waals surface area (Å²) in [6.07, 6.45) is 3.60. The van der Waals surface area contributed by atoms with E-state index in [1.54, 1.807) is 0 Å². The molecule has 0 aliphatic heterocycles. The topological polar surface area (TPSA) is 15.8 Å². The Morgan fingerprint density at radius 2 is 1.94 bits per heavy atom. The zero-order valence-electron chi connectivity index (χ0n) is 11.7. The van der Waals surface area contributed by atoms with Crippen molar-refractivity contribution in [2.75, 3.05) is 0 Å². The lowest BCUT2D eigenvalue weighted by Crippen LogP contribution is -2.03. The van der Waals surface area contributed by atoms with Crippen LogP contribution in [0.15, 0.2) is 24.3 Å². The average molecular weight is 261 g/mol. The molecule has 2 heteroatoms. The third-order valence-corrected chi connectivity index (χ3v) is 3.84. The number of aromatic nitrogens is 1. The van der Waals surface area contributed by atoms with Crippen LogP contribution in [-0.4, -0.2) is 10.6 Å². The minimum atomic E-state index is 0.603. The van der Waals surface area contributed by atoms with Crippen molar-refractivity contribution in [1.82, 2.24) is 4.98 Å². The van der Waals surface area contributed by atoms with Gasteiger partial charge in [-0.15, -0.1) is 9.24 Å². The second kappa shape index (κ2) is 5.89. The molecule has 1 heterocycles. The maximum absolute atomic E-state index is 3.64. The lowest BCUT2D eigenvalue weighted by molar-refractivity contribution is 0.654. The molecule has 1 aromatic carbocycles. The van der Waals surface area contributed by atoms with E-state index in [1.165, 1.54) is 41.4 Å². The second-order valence-electron chi connectivity index (χ2n) is 5.43. The van der Waals surface area contributed by atoms with Crippen LogP contribution in [0, 0.1) is 0 Å². The number of benzene rings is 1. The van der Waals surface area contributed by atoms with E-state index < -0.39 is 0 Å². The molecule has 0 aliphatic rings. The first-order valence-electron chi connectivity index (χ1n) is 6.98. The highest BCUT2D eigenvalue weighted by Gasteiger charge is 2.16. The highest BCUT2D eigenvalue weighted by atomic mass is 31.0. The van der Waals surface area contributed by atoms with Gasteiger partial charge in [0, 0.05) is 16.6 Å². The molecular weight excluding hydrogens is 237 g/mol. The number of hydrogen-bond acceptors (Lipinski definition) is 0. The first-order valence-corrected chi connectivity index (χ1v) is 7.65. The monoisotopic (exact) mass is 261 g/mol. The van der Waals surface area contributed by atoms with Crippen molar-refractivity contribution in [2.45, 2.75) is 51.6 Å². The van der Waals surface area contributed by atoms with Crippen LogP contribution in [0.4, 0.5) is 0 Å². The molecule has 3 atom stereocenters. The standard InChI is InChI=1S/C16H24NP/c1-4-7-14-13-8-5-6-9-15(13)17-16(14)11(2)10-12(3)18/h5-6,8-9,11-12,17H,4,7,10,18H2,1-3H3. The molecule has 3 unspecified atom stereocenters. The summed E-state index contributed by atoms with van der Waals surface area (Å²) in [7, 11) is 2.91. The summed E-state index contributed by atoms with van der Waals surface area (Å²) < 4.78 is 0. The molecule has 2 aromatic rings. The maximum atomic E-state index is 3.64. The number of H-pyrrole nitrogens is 1. The van der Waals surface area contributed by atoms with E-state index in [0.717, 1.165) is 0 Å². The van der Waals surface area contributed by atoms with Gasteiger partial charge in [0.1, 0.15) is 0 Å². The fourth-order valence-electron chi connectivity index (χ4n) is 2.84. The summed E-state index contributed by atoms with van der Waals surface area (Å²) in [5.41, 5.74) is 4.94. The Kier molecular flexibility index (Phi) is 4.45. The first kappa shape index (κ1) is 13.6. The van der Waals surface area contributed by atoms with Crippen LogP contribution in [0.5, 0.6) is 0 Å². The zero-order chi connectivity index (χ0) is 13.1. The summed E-state index contributed by atoms with van der Waals surface area (Å²) in [6.45, 7) is 6.86. The molecule has 0 bridgehead atoms. The quantitative estimate of drug-likeness (QED) is 0.738. The van der Waals surface area contributed by atoms with Crippen molar-refractivity contribution >= 4 is 20.1 Å². The van der Waals surface area contributed by atoms with E-state index >= 15 is 0 Å². The van der Waals surface area contributed by atoms with Crippen molar-refractivity contribution in [1.29, 1.82) is 0 Å². The molecule has 0 aliphatic carbocycles. The van der Waals surface area contributed by atoms with Gasteiger partial charge in [-0.2, -0.15) is 0 Å². The van der Waals surface area contributed by atoms with E-state index in [9.17, 15) is 0 Å². The Balaban J connectivity index is 2.44. The smallest absolute Gasteiger partial charge is 0.0459 e. The lowest BCUT2D eigenvalue weighted by atomic mass is 9.95. The third-order valence-electron chi connectivity index (χ3n) is 3.56. The molecule has 2 rings (SSSR count). The fraction of sp³-hybridized carbons (Fsp3) is 0.500. The number of rotatable bonds is 5. The normalized spacial score (nSPS) is 14.9. The van der Waals surface area contributed by atoms with E-state index in [0.29, 0.717) is 11.6 Å². The van der Waals surface area contributed by atoms with Crippen LogP contribution in [0.2, 0.25) is 0 Å². The molecule has 0 fully saturated rings. The van der Waals surface area contributed by atoms with Gasteiger partial charge in [-0.05, 0) is 36.0 Å². The fourth-order valence-corrected chi connectivity index (χ4v) is 3.24. The molecule has 0 radical (unpaired) electrons. The van der Waals surface area contributed by atoms with Crippen molar-refractivity contribution in [3.05, 3.63) is 35.5 Å². The van der Waals surface area contributed by atoms with E-state index in [1.807, 2.05) is 0 Å². The average Bonchev–Trinajstić information content (AvgIpc) is 2.68. The highest BCUT2D eigenvalue weighted by Crippen LogP contribution is 2.31. The van der Waals surface area contributed by atoms with Gasteiger partial charge in [0.2, 0.25) is 0 Å². The van der Waals surface area contributed by atoms with Crippen LogP contribution in [-0.2, 0) is 6.42 Å². The van der Waals surface area contributed by atoms with Crippen molar-refractivity contribution in [3.63, 3.8) is 0 Å². The van der Waals surface area contributed by atoms with Gasteiger partial charge in [-0.25, -0.2) is 0 Å². The van der Waals surface area contributed by atoms with Crippen LogP contribution >= 0.6 is 9.24 Å². The molecule has 0 saturated heterocycles. The minimum absolute atomic E-state index is 0.603. The van der Waals surface area contributed by atoms with Crippen molar-refractivity contribution < 1.29 is 0 Å². The Morgan fingerprint density at radius 1 is 1.22 bits per heavy atom. The van der Waals surface area contributed by atoms with Gasteiger partial charge in [-0.3, -0.25) is 0 Å². The van der Waals surface area contributed by atoms with E-state index in [2.05, 4.69) is 59.3 Å². The van der Waals surface area contributed by atoms with Gasteiger partial charge in [0.05, 0.1) is 0 Å². The molecule has 1 aromatic heterocycles. The van der Waals surface area contributed by atoms with Gasteiger partial charge < -0.3 is 4.98 Å². The molecule has 18 heavy (non-hydrogen) atoms. The van der Waals surface area contributed by atoms with Crippen LogP contribution in [0.3, 0.4) is 0 Å². The molecule has 0 amide bonds. The van der Waals surface area contributed by atoms with Crippen LogP contribution in [0.25, 0.3) is 10.9 Å². The predicted molar refractivity (Wildman–Crippen MR) is 84.5 cm³/mol. The minimum Gasteiger partial charge on any atom is -0.358 e. The maximum Gasteiger partial charge on any atom is 0.0459 e. The van der Waals surface area contributed by atoms with Crippen molar-refractivity contribution in [3.8, 4) is 0 Å². The summed E-state index contributed by atoms with van der Waals surface area (Å²) in [5, 5.41) is 1.41. The van der Waals surface area contributed by atoms with Gasteiger partial charge >= 0.3 is 0 Å². The molecule has 0 saturated carbocycles. The predicted octanol–water partition coefficient (Wildman–Crippen LogP) is 4.88. The highest BCUT2D eigenvalue weighted by molar-refractivity contribution is 7.17. The largest absolute Gasteiger partial charge is 0.358 e. The second-order valence-corrected chi connectivity index (χ2v) is 6.56. The van der Waals surface area contributed by atoms with E-state index in [4.69, 9.17) is 0 Å². The van der Waals surface area contributed by atoms with Crippen LogP contribution in [0.1, 0.15) is 50.8 Å². The molecular formula is C16H24NP. The molecule has 1 nitrogen and oxygen atoms in total. The third kappa shape index (κ3) is 2.78. The Bertz CT molecular complexity index is 513. The number of para-hydroxylation sites is 1. The lowest BCUT2D eigenvalue weighted by Gasteiger charge is -2.15. The van der Waals surface area contributed by atoms with Gasteiger partial charge in [-0.1, -0.05) is 45.4 Å². The Hall–Kier alpha value is -0.810. The molecule has 98 valence electrons. The van der Waals surface area contributed by atoms with E-state index in [-0.39, 0.29) is 0 Å². The van der Waals surface area contributed by atoms with Gasteiger partial charge in [0.15, 0.2) is 0 Å². The number of aromatic amines is 1. The molecule has 1 N–H and O–H groups in total. The SMILES string of the molecule is CCCc1c(C(C)CC(C)P)[nH]c2ccccc12. The first-order chi connectivity index (χ1) is 8.63. The number of nitrogens with one attached hydrogen (secondary N) is 1. The summed E-state index contributed by atoms with van der Waals surface area (Å²) >= 11 is 0. The summed E-state index contributed by atoms with van der Waals surface area (Å²) in [5.74, 6) is 0.603. The van der Waals surface area contributed by atoms with Crippen molar-refractivity contribution in [2.24, 2.45) is 0 Å². The zero-order valence-corrected chi connectivity index (χ0v) is 12.8.